The zero-order valence-electron chi connectivity index (χ0n) is 14.0. The Kier molecular flexibility index (Phi) is 6.46. The number of carbonyl (C=O) groups is 1. The summed E-state index contributed by atoms with van der Waals surface area (Å²) in [6.45, 7) is 15.7. The van der Waals surface area contributed by atoms with Crippen LogP contribution in [-0.4, -0.2) is 48.7 Å². The third kappa shape index (κ3) is 4.19. The molecule has 1 saturated heterocycles. The summed E-state index contributed by atoms with van der Waals surface area (Å²) in [5.74, 6) is 1.22. The number of rotatable bonds is 6. The lowest BCUT2D eigenvalue weighted by molar-refractivity contribution is -0.152. The molecule has 4 nitrogen and oxygen atoms in total. The summed E-state index contributed by atoms with van der Waals surface area (Å²) in [5, 5.41) is 3.32. The van der Waals surface area contributed by atoms with Gasteiger partial charge in [-0.3, -0.25) is 9.69 Å². The lowest BCUT2D eigenvalue weighted by atomic mass is 9.84. The maximum Gasteiger partial charge on any atom is 0.327 e. The molecule has 118 valence electrons. The first kappa shape index (κ1) is 17.4. The summed E-state index contributed by atoms with van der Waals surface area (Å²) in [5.41, 5.74) is -0.615. The minimum atomic E-state index is -0.615. The quantitative estimate of drug-likeness (QED) is 0.760. The highest BCUT2D eigenvalue weighted by molar-refractivity contribution is 5.80. The van der Waals surface area contributed by atoms with Crippen LogP contribution in [0.2, 0.25) is 0 Å². The second-order valence-corrected chi connectivity index (χ2v) is 6.57. The van der Waals surface area contributed by atoms with Gasteiger partial charge in [-0.05, 0) is 45.6 Å². The molecule has 1 heterocycles. The zero-order valence-corrected chi connectivity index (χ0v) is 14.0. The molecule has 0 radical (unpaired) electrons. The van der Waals surface area contributed by atoms with E-state index in [1.165, 1.54) is 6.42 Å². The molecule has 4 atom stereocenters. The Morgan fingerprint density at radius 3 is 2.55 bits per heavy atom. The third-order valence-electron chi connectivity index (χ3n) is 4.53. The van der Waals surface area contributed by atoms with Gasteiger partial charge in [-0.2, -0.15) is 0 Å². The highest BCUT2D eigenvalue weighted by Crippen LogP contribution is 2.28. The molecule has 1 rings (SSSR count). The van der Waals surface area contributed by atoms with E-state index in [0.717, 1.165) is 19.6 Å². The number of piperidine rings is 1. The van der Waals surface area contributed by atoms with Crippen molar-refractivity contribution >= 4 is 5.97 Å². The van der Waals surface area contributed by atoms with Gasteiger partial charge in [0.2, 0.25) is 0 Å². The van der Waals surface area contributed by atoms with Gasteiger partial charge in [0.15, 0.2) is 0 Å². The summed E-state index contributed by atoms with van der Waals surface area (Å²) >= 11 is 0. The number of hydrogen-bond donors (Lipinski definition) is 1. The van der Waals surface area contributed by atoms with Crippen molar-refractivity contribution in [3.8, 4) is 0 Å². The lowest BCUT2D eigenvalue weighted by Crippen LogP contribution is -2.61. The highest BCUT2D eigenvalue weighted by atomic mass is 16.5. The van der Waals surface area contributed by atoms with Gasteiger partial charge in [-0.1, -0.05) is 20.8 Å². The highest BCUT2D eigenvalue weighted by Gasteiger charge is 2.39. The first-order valence-corrected chi connectivity index (χ1v) is 8.00. The molecule has 1 aliphatic heterocycles. The maximum atomic E-state index is 12.3. The summed E-state index contributed by atoms with van der Waals surface area (Å²) in [7, 11) is 0. The van der Waals surface area contributed by atoms with E-state index in [1.807, 2.05) is 20.8 Å². The number of ether oxygens (including phenoxy) is 1. The van der Waals surface area contributed by atoms with E-state index in [-0.39, 0.29) is 5.97 Å². The number of nitrogens with one attached hydrogen (secondary N) is 1. The third-order valence-corrected chi connectivity index (χ3v) is 4.53. The molecule has 0 aromatic heterocycles. The van der Waals surface area contributed by atoms with Crippen LogP contribution in [0.4, 0.5) is 0 Å². The normalized spacial score (nSPS) is 30.8. The van der Waals surface area contributed by atoms with Crippen LogP contribution < -0.4 is 5.32 Å². The first-order valence-electron chi connectivity index (χ1n) is 8.00. The van der Waals surface area contributed by atoms with E-state index in [9.17, 15) is 4.79 Å². The van der Waals surface area contributed by atoms with Gasteiger partial charge in [-0.15, -0.1) is 0 Å². The fourth-order valence-electron chi connectivity index (χ4n) is 3.32. The summed E-state index contributed by atoms with van der Waals surface area (Å²) < 4.78 is 5.26. The SMILES string of the molecule is CCNC(C)(CN1CC(C)CC(C)C1C)C(=O)OCC. The molecule has 1 aliphatic rings. The smallest absolute Gasteiger partial charge is 0.327 e. The second-order valence-electron chi connectivity index (χ2n) is 6.57. The number of likely N-dealkylation sites (tertiary alicyclic amines) is 1. The Balaban J connectivity index is 2.80. The van der Waals surface area contributed by atoms with Crippen molar-refractivity contribution < 1.29 is 9.53 Å². The predicted molar refractivity (Wildman–Crippen MR) is 82.7 cm³/mol. The van der Waals surface area contributed by atoms with Crippen LogP contribution in [0, 0.1) is 11.8 Å². The van der Waals surface area contributed by atoms with Crippen molar-refractivity contribution in [2.75, 3.05) is 26.2 Å². The molecule has 0 amide bonds. The molecule has 0 spiro atoms. The first-order chi connectivity index (χ1) is 9.34. The average molecular weight is 284 g/mol. The van der Waals surface area contributed by atoms with E-state index in [1.54, 1.807) is 0 Å². The minimum Gasteiger partial charge on any atom is -0.465 e. The number of hydrogen-bond acceptors (Lipinski definition) is 4. The van der Waals surface area contributed by atoms with E-state index in [0.29, 0.717) is 24.5 Å². The minimum absolute atomic E-state index is 0.139. The average Bonchev–Trinajstić information content (AvgIpc) is 2.36. The van der Waals surface area contributed by atoms with E-state index >= 15 is 0 Å². The lowest BCUT2D eigenvalue weighted by Gasteiger charge is -2.44. The molecule has 1 N–H and O–H groups in total. The van der Waals surface area contributed by atoms with Crippen LogP contribution in [0.25, 0.3) is 0 Å². The summed E-state index contributed by atoms with van der Waals surface area (Å²) in [6, 6.07) is 0.513. The Labute approximate surface area is 124 Å². The van der Waals surface area contributed by atoms with Gasteiger partial charge in [0, 0.05) is 19.1 Å². The van der Waals surface area contributed by atoms with E-state index in [4.69, 9.17) is 4.74 Å². The second kappa shape index (κ2) is 7.41. The van der Waals surface area contributed by atoms with Gasteiger partial charge < -0.3 is 10.1 Å². The molecule has 0 aliphatic carbocycles. The van der Waals surface area contributed by atoms with E-state index in [2.05, 4.69) is 31.0 Å². The number of nitrogens with zero attached hydrogens (tertiary/aromatic N) is 1. The van der Waals surface area contributed by atoms with Crippen LogP contribution >= 0.6 is 0 Å². The van der Waals surface area contributed by atoms with Crippen LogP contribution in [0.5, 0.6) is 0 Å². The van der Waals surface area contributed by atoms with Gasteiger partial charge in [-0.25, -0.2) is 0 Å². The molecule has 0 aromatic rings. The van der Waals surface area contributed by atoms with Crippen molar-refractivity contribution in [3.63, 3.8) is 0 Å². The van der Waals surface area contributed by atoms with Crippen molar-refractivity contribution in [1.29, 1.82) is 0 Å². The van der Waals surface area contributed by atoms with Crippen molar-refractivity contribution in [2.45, 2.75) is 59.5 Å². The van der Waals surface area contributed by atoms with Crippen molar-refractivity contribution in [3.05, 3.63) is 0 Å². The van der Waals surface area contributed by atoms with Crippen LogP contribution in [0.1, 0.15) is 48.0 Å². The van der Waals surface area contributed by atoms with Crippen LogP contribution in [0.3, 0.4) is 0 Å². The number of esters is 1. The number of carbonyl (C=O) groups excluding carboxylic acids is 1. The predicted octanol–water partition coefficient (Wildman–Crippen LogP) is 2.28. The fourth-order valence-corrected chi connectivity index (χ4v) is 3.32. The molecule has 0 saturated carbocycles. The Bertz CT molecular complexity index is 322. The van der Waals surface area contributed by atoms with Crippen LogP contribution in [0.15, 0.2) is 0 Å². The summed E-state index contributed by atoms with van der Waals surface area (Å²) in [4.78, 5) is 14.7. The maximum absolute atomic E-state index is 12.3. The van der Waals surface area contributed by atoms with E-state index < -0.39 is 5.54 Å². The monoisotopic (exact) mass is 284 g/mol. The van der Waals surface area contributed by atoms with Crippen molar-refractivity contribution in [2.24, 2.45) is 11.8 Å². The summed E-state index contributed by atoms with van der Waals surface area (Å²) in [6.07, 6.45) is 1.27. The van der Waals surface area contributed by atoms with Crippen molar-refractivity contribution in [1.82, 2.24) is 10.2 Å². The number of likely N-dealkylation sites (N-methyl/N-ethyl adjacent to an activating group) is 1. The Hall–Kier alpha value is -0.610. The van der Waals surface area contributed by atoms with Gasteiger partial charge in [0.05, 0.1) is 6.61 Å². The molecule has 0 aromatic carbocycles. The van der Waals surface area contributed by atoms with Gasteiger partial charge >= 0.3 is 5.97 Å². The molecular formula is C16H32N2O2. The van der Waals surface area contributed by atoms with Gasteiger partial charge in [0.1, 0.15) is 5.54 Å². The molecular weight excluding hydrogens is 252 g/mol. The fraction of sp³-hybridized carbons (Fsp3) is 0.938. The topological polar surface area (TPSA) is 41.6 Å². The molecule has 20 heavy (non-hydrogen) atoms. The Morgan fingerprint density at radius 1 is 1.35 bits per heavy atom. The standard InChI is InChI=1S/C16H32N2O2/c1-7-17-16(6,15(19)20-8-2)11-18-10-12(3)9-13(4)14(18)5/h12-14,17H,7-11H2,1-6H3. The molecule has 0 bridgehead atoms. The molecule has 1 fully saturated rings. The zero-order chi connectivity index (χ0) is 15.3. The Morgan fingerprint density at radius 2 is 2.00 bits per heavy atom. The van der Waals surface area contributed by atoms with Crippen LogP contribution in [-0.2, 0) is 9.53 Å². The van der Waals surface area contributed by atoms with Gasteiger partial charge in [0.25, 0.3) is 0 Å². The molecule has 4 unspecified atom stereocenters. The largest absolute Gasteiger partial charge is 0.465 e. The molecule has 4 heteroatoms.